The lowest BCUT2D eigenvalue weighted by Crippen LogP contribution is -2.56. The lowest BCUT2D eigenvalue weighted by Gasteiger charge is -2.28. The number of phenols is 1. The molecule has 1 fully saturated rings. The van der Waals surface area contributed by atoms with Crippen LogP contribution >= 0.6 is 0 Å². The van der Waals surface area contributed by atoms with E-state index in [-0.39, 0.29) is 35.5 Å². The maximum absolute atomic E-state index is 13.9. The first kappa shape index (κ1) is 28.9. The Kier molecular flexibility index (Phi) is 8.02. The minimum Gasteiger partial charge on any atom is -0.508 e. The first-order chi connectivity index (χ1) is 19.4. The van der Waals surface area contributed by atoms with Crippen molar-refractivity contribution < 1.29 is 41.7 Å². The third kappa shape index (κ3) is 6.67. The van der Waals surface area contributed by atoms with E-state index in [4.69, 9.17) is 23.4 Å². The van der Waals surface area contributed by atoms with Crippen LogP contribution in [0.5, 0.6) is 23.0 Å². The highest BCUT2D eigenvalue weighted by Crippen LogP contribution is 2.39. The van der Waals surface area contributed by atoms with Crippen molar-refractivity contribution in [3.8, 4) is 23.0 Å². The fourth-order valence-electron chi connectivity index (χ4n) is 5.09. The highest BCUT2D eigenvalue weighted by atomic mass is 32.2. The van der Waals surface area contributed by atoms with E-state index in [1.807, 2.05) is 13.8 Å². The predicted molar refractivity (Wildman–Crippen MR) is 147 cm³/mol. The molecule has 2 aromatic carbocycles. The third-order valence-electron chi connectivity index (χ3n) is 6.80. The van der Waals surface area contributed by atoms with Crippen molar-refractivity contribution in [2.24, 2.45) is 5.92 Å². The molecule has 0 spiro atoms. The van der Waals surface area contributed by atoms with Gasteiger partial charge in [-0.1, -0.05) is 26.0 Å². The van der Waals surface area contributed by atoms with Gasteiger partial charge in [0, 0.05) is 18.2 Å². The molecular weight excluding hydrogens is 552 g/mol. The number of aromatic hydroxyl groups is 1. The summed E-state index contributed by atoms with van der Waals surface area (Å²) in [7, 11) is -4.14. The van der Waals surface area contributed by atoms with Crippen LogP contribution in [-0.2, 0) is 32.4 Å². The summed E-state index contributed by atoms with van der Waals surface area (Å²) in [6, 6.07) is 9.26. The zero-order valence-electron chi connectivity index (χ0n) is 23.2. The summed E-state index contributed by atoms with van der Waals surface area (Å²) in [5, 5.41) is 13.0. The predicted octanol–water partition coefficient (Wildman–Crippen LogP) is 3.50. The molecular formula is C29H34N2O9S. The largest absolute Gasteiger partial charge is 0.508 e. The van der Waals surface area contributed by atoms with Crippen LogP contribution in [0, 0.1) is 5.92 Å². The summed E-state index contributed by atoms with van der Waals surface area (Å²) >= 11 is 0. The summed E-state index contributed by atoms with van der Waals surface area (Å²) in [6.07, 6.45) is 2.28. The second-order valence-electron chi connectivity index (χ2n) is 11.1. The maximum atomic E-state index is 13.9. The van der Waals surface area contributed by atoms with Gasteiger partial charge in [0.2, 0.25) is 16.8 Å². The molecule has 1 unspecified atom stereocenters. The summed E-state index contributed by atoms with van der Waals surface area (Å²) in [6.45, 7) is 7.57. The number of esters is 1. The number of carbonyl (C=O) groups excluding carboxylic acids is 1. The Balaban J connectivity index is 1.49. The molecule has 11 nitrogen and oxygen atoms in total. The number of ether oxygens (including phenoxy) is 4. The average molecular weight is 587 g/mol. The summed E-state index contributed by atoms with van der Waals surface area (Å²) in [5.74, 6) is 0.744. The third-order valence-corrected chi connectivity index (χ3v) is 8.27. The van der Waals surface area contributed by atoms with Gasteiger partial charge < -0.3 is 28.5 Å². The molecule has 41 heavy (non-hydrogen) atoms. The van der Waals surface area contributed by atoms with Crippen molar-refractivity contribution in [1.29, 1.82) is 0 Å². The van der Waals surface area contributed by atoms with Crippen molar-refractivity contribution in [2.45, 2.75) is 69.3 Å². The zero-order chi connectivity index (χ0) is 29.4. The van der Waals surface area contributed by atoms with Crippen LogP contribution in [0.25, 0.3) is 0 Å². The number of hydrogen-bond donors (Lipinski definition) is 3. The van der Waals surface area contributed by atoms with Crippen molar-refractivity contribution in [3.05, 3.63) is 66.1 Å². The Morgan fingerprint density at radius 1 is 1.15 bits per heavy atom. The van der Waals surface area contributed by atoms with Crippen molar-refractivity contribution >= 4 is 16.0 Å². The number of benzene rings is 2. The number of hydrogen-bond acceptors (Lipinski definition) is 10. The second-order valence-corrected chi connectivity index (χ2v) is 12.8. The van der Waals surface area contributed by atoms with Crippen LogP contribution in [0.3, 0.4) is 0 Å². The van der Waals surface area contributed by atoms with Gasteiger partial charge in [-0.15, -0.1) is 0 Å². The topological polar surface area (TPSA) is 146 Å². The van der Waals surface area contributed by atoms with Crippen molar-refractivity contribution in [3.63, 3.8) is 0 Å². The molecule has 3 atom stereocenters. The molecule has 12 heteroatoms. The molecule has 0 aliphatic carbocycles. The molecule has 3 heterocycles. The fraction of sp³-hybridized carbons (Fsp3) is 0.414. The molecule has 2 aliphatic heterocycles. The van der Waals surface area contributed by atoms with Crippen LogP contribution in [0.4, 0.5) is 0 Å². The van der Waals surface area contributed by atoms with E-state index >= 15 is 0 Å². The van der Waals surface area contributed by atoms with Crippen molar-refractivity contribution in [2.75, 3.05) is 6.79 Å². The number of fused-ring (bicyclic) bond motifs is 1. The van der Waals surface area contributed by atoms with Gasteiger partial charge >= 0.3 is 5.97 Å². The van der Waals surface area contributed by atoms with Crippen molar-refractivity contribution in [1.82, 2.24) is 10.0 Å². The van der Waals surface area contributed by atoms with E-state index in [0.29, 0.717) is 17.9 Å². The molecule has 3 N–H and O–H groups in total. The van der Waals surface area contributed by atoms with Crippen LogP contribution < -0.4 is 24.2 Å². The second kappa shape index (κ2) is 11.4. The highest BCUT2D eigenvalue weighted by Gasteiger charge is 2.49. The van der Waals surface area contributed by atoms with E-state index in [2.05, 4.69) is 10.0 Å². The number of furan rings is 1. The number of nitrogens with one attached hydrogen (secondary N) is 2. The summed E-state index contributed by atoms with van der Waals surface area (Å²) < 4.78 is 58.3. The number of rotatable bonds is 10. The molecule has 0 bridgehead atoms. The zero-order valence-corrected chi connectivity index (χ0v) is 24.1. The Morgan fingerprint density at radius 2 is 1.90 bits per heavy atom. The smallest absolute Gasteiger partial charge is 0.342 e. The van der Waals surface area contributed by atoms with Gasteiger partial charge in [0.15, 0.2) is 23.4 Å². The molecule has 0 radical (unpaired) electrons. The van der Waals surface area contributed by atoms with E-state index < -0.39 is 39.9 Å². The lowest BCUT2D eigenvalue weighted by molar-refractivity contribution is -0.150. The van der Waals surface area contributed by atoms with Gasteiger partial charge in [-0.25, -0.2) is 17.9 Å². The Hall–Kier alpha value is -3.58. The molecule has 1 saturated heterocycles. The number of sulfonamides is 1. The lowest BCUT2D eigenvalue weighted by atomic mass is 9.96. The molecule has 1 aromatic heterocycles. The summed E-state index contributed by atoms with van der Waals surface area (Å²) in [4.78, 5) is 13.3. The number of carbonyl (C=O) groups is 1. The van der Waals surface area contributed by atoms with E-state index in [1.54, 1.807) is 32.0 Å². The molecule has 0 amide bonds. The average Bonchev–Trinajstić information content (AvgIpc) is 3.64. The number of phenolic OH excluding ortho intramolecular Hbond substituents is 1. The van der Waals surface area contributed by atoms with Gasteiger partial charge in [-0.05, 0) is 61.9 Å². The van der Waals surface area contributed by atoms with E-state index in [0.717, 1.165) is 11.1 Å². The van der Waals surface area contributed by atoms with Crippen LogP contribution in [-0.4, -0.2) is 50.2 Å². The standard InChI is InChI=1S/C29H34N2O9S/c1-17(2)11-19-13-22(14-24-26(19)38-16-37-24)41(34,35)31-23(12-18-5-7-20(32)8-6-18)25-27(40-29(3,4)30-25)28(33)39-21-9-10-36-15-21/h5-10,13-15,17,23,25,27,30-32H,11-12,16H2,1-4H3/t23?,25-,27+/m0/s1. The normalized spacial score (nSPS) is 20.3. The minimum atomic E-state index is -4.14. The first-order valence-corrected chi connectivity index (χ1v) is 14.8. The Bertz CT molecular complexity index is 1490. The molecule has 220 valence electrons. The molecule has 0 saturated carbocycles. The SMILES string of the molecule is CC(C)Cc1cc(S(=O)(=O)NC(Cc2ccc(O)cc2)[C@@H]2NC(C)(C)O[C@H]2C(=O)Oc2ccoc2)cc2c1OCO2. The monoisotopic (exact) mass is 586 g/mol. The molecule has 5 rings (SSSR count). The maximum Gasteiger partial charge on any atom is 0.342 e. The molecule has 2 aliphatic rings. The minimum absolute atomic E-state index is 0.0136. The fourth-order valence-corrected chi connectivity index (χ4v) is 6.41. The Labute approximate surface area is 238 Å². The van der Waals surface area contributed by atoms with Gasteiger partial charge in [0.05, 0.1) is 17.2 Å². The van der Waals surface area contributed by atoms with Crippen LogP contribution in [0.2, 0.25) is 0 Å². The summed E-state index contributed by atoms with van der Waals surface area (Å²) in [5.41, 5.74) is 0.498. The van der Waals surface area contributed by atoms with Gasteiger partial charge in [0.25, 0.3) is 0 Å². The van der Waals surface area contributed by atoms with Gasteiger partial charge in [-0.2, -0.15) is 0 Å². The highest BCUT2D eigenvalue weighted by molar-refractivity contribution is 7.89. The van der Waals surface area contributed by atoms with Crippen LogP contribution in [0.1, 0.15) is 38.8 Å². The van der Waals surface area contributed by atoms with E-state index in [9.17, 15) is 18.3 Å². The first-order valence-electron chi connectivity index (χ1n) is 13.3. The van der Waals surface area contributed by atoms with Gasteiger partial charge in [-0.3, -0.25) is 5.32 Å². The Morgan fingerprint density at radius 3 is 2.59 bits per heavy atom. The quantitative estimate of drug-likeness (QED) is 0.302. The van der Waals surface area contributed by atoms with Crippen LogP contribution in [0.15, 0.2) is 64.3 Å². The van der Waals surface area contributed by atoms with E-state index in [1.165, 1.54) is 36.8 Å². The van der Waals surface area contributed by atoms with Gasteiger partial charge in [0.1, 0.15) is 17.7 Å². The molecule has 3 aromatic rings.